The summed E-state index contributed by atoms with van der Waals surface area (Å²) in [5.41, 5.74) is 1.26. The summed E-state index contributed by atoms with van der Waals surface area (Å²) in [6.45, 7) is 3.58. The second-order valence-electron chi connectivity index (χ2n) is 10.5. The second-order valence-corrected chi connectivity index (χ2v) is 10.5. The van der Waals surface area contributed by atoms with Crippen LogP contribution >= 0.6 is 0 Å². The fourth-order valence-electron chi connectivity index (χ4n) is 4.10. The molecular formula is C29H33F3N6O6. The predicted molar refractivity (Wildman–Crippen MR) is 153 cm³/mol. The molecule has 0 aliphatic heterocycles. The third kappa shape index (κ3) is 8.58. The molecule has 0 saturated heterocycles. The summed E-state index contributed by atoms with van der Waals surface area (Å²) < 4.78 is 56.8. The number of rotatable bonds is 11. The number of likely N-dealkylation sites (N-methyl/N-ethyl adjacent to an activating group) is 1. The number of carboxylic acid groups (broad SMARTS) is 2. The van der Waals surface area contributed by atoms with Gasteiger partial charge in [0, 0.05) is 30.2 Å². The predicted octanol–water partition coefficient (Wildman–Crippen LogP) is 3.21. The van der Waals surface area contributed by atoms with Crippen molar-refractivity contribution in [1.29, 1.82) is 0 Å². The zero-order valence-electron chi connectivity index (χ0n) is 24.8. The zero-order valence-corrected chi connectivity index (χ0v) is 24.8. The van der Waals surface area contributed by atoms with Crippen LogP contribution in [0.15, 0.2) is 42.9 Å². The van der Waals surface area contributed by atoms with Crippen molar-refractivity contribution >= 4 is 29.2 Å². The lowest BCUT2D eigenvalue weighted by Crippen LogP contribution is -2.38. The molecule has 0 fully saturated rings. The first-order valence-electron chi connectivity index (χ1n) is 13.2. The second kappa shape index (κ2) is 14.5. The minimum absolute atomic E-state index is 0.0148. The number of aryl methyl sites for hydroxylation is 1. The lowest BCUT2D eigenvalue weighted by molar-refractivity contribution is -0.870. The average molecular weight is 619 g/mol. The topological polar surface area (TPSA) is 150 Å². The molecule has 44 heavy (non-hydrogen) atoms. The number of hydrogen-bond donors (Lipinski definition) is 3. The van der Waals surface area contributed by atoms with Crippen molar-refractivity contribution in [3.63, 3.8) is 0 Å². The van der Waals surface area contributed by atoms with Crippen LogP contribution in [-0.2, 0) is 4.74 Å². The van der Waals surface area contributed by atoms with Gasteiger partial charge in [0.1, 0.15) is 12.4 Å². The number of quaternary nitrogens is 1. The van der Waals surface area contributed by atoms with Crippen molar-refractivity contribution in [2.45, 2.75) is 6.92 Å². The van der Waals surface area contributed by atoms with Gasteiger partial charge in [0.15, 0.2) is 23.0 Å². The van der Waals surface area contributed by atoms with Gasteiger partial charge in [-0.25, -0.2) is 18.7 Å². The Hall–Kier alpha value is -4.89. The number of methoxy groups -OCH3 is 1. The van der Waals surface area contributed by atoms with Gasteiger partial charge in [-0.1, -0.05) is 0 Å². The lowest BCUT2D eigenvalue weighted by Gasteiger charge is -2.23. The van der Waals surface area contributed by atoms with Crippen LogP contribution in [0.5, 0.6) is 5.75 Å². The molecule has 15 heteroatoms. The van der Waals surface area contributed by atoms with Crippen LogP contribution in [0.25, 0.3) is 16.9 Å². The summed E-state index contributed by atoms with van der Waals surface area (Å²) in [6.07, 6.45) is 2.30. The number of amides is 1. The third-order valence-electron chi connectivity index (χ3n) is 6.19. The van der Waals surface area contributed by atoms with Crippen LogP contribution in [0, 0.1) is 24.4 Å². The molecule has 0 saturated carbocycles. The number of fused-ring (bicyclic) bond motifs is 1. The SMILES string of the molecule is COc1ccc(-c2cnc3c(Nc4cc(C)c(C(=O)NCCOCC[N+](C)(C)C)c(F)c4)nccn23)c(F)c1F.O=C([O-])O. The molecule has 2 aromatic carbocycles. The van der Waals surface area contributed by atoms with Crippen molar-refractivity contribution in [3.05, 3.63) is 71.4 Å². The molecule has 0 aliphatic carbocycles. The first kappa shape index (κ1) is 33.6. The average Bonchev–Trinajstić information content (AvgIpc) is 3.36. The monoisotopic (exact) mass is 618 g/mol. The molecule has 3 N–H and O–H groups in total. The molecule has 0 aliphatic rings. The standard InChI is InChI=1S/C28H31F3N6O3.CH2O3/c1-17-14-18(15-20(29)23(17)28(38)33-9-12-40-13-11-37(2,3)4)35-26-27-34-16-21(36(27)10-8-32-26)19-6-7-22(39-5)25(31)24(19)30;2-1(3)4/h6-8,10,14-16H,9,11-13H2,1-5H3,(H-,32,33,35,38);(H2,2,3,4). The van der Waals surface area contributed by atoms with Gasteiger partial charge < -0.3 is 39.6 Å². The molecule has 2 heterocycles. The number of nitrogens with one attached hydrogen (secondary N) is 2. The van der Waals surface area contributed by atoms with Crippen LogP contribution in [0.2, 0.25) is 0 Å². The summed E-state index contributed by atoms with van der Waals surface area (Å²) in [4.78, 5) is 29.7. The van der Waals surface area contributed by atoms with Crippen molar-refractivity contribution in [2.24, 2.45) is 0 Å². The third-order valence-corrected chi connectivity index (χ3v) is 6.19. The van der Waals surface area contributed by atoms with Crippen LogP contribution in [-0.4, -0.2) is 90.6 Å². The Morgan fingerprint density at radius 2 is 1.80 bits per heavy atom. The van der Waals surface area contributed by atoms with Gasteiger partial charge in [0.25, 0.3) is 5.91 Å². The number of anilines is 2. The number of hydrogen-bond acceptors (Lipinski definition) is 8. The number of aromatic nitrogens is 3. The normalized spacial score (nSPS) is 11.1. The minimum Gasteiger partial charge on any atom is -0.565 e. The van der Waals surface area contributed by atoms with Crippen LogP contribution < -0.4 is 20.5 Å². The number of halogens is 3. The van der Waals surface area contributed by atoms with E-state index in [9.17, 15) is 13.6 Å². The molecule has 1 amide bonds. The Morgan fingerprint density at radius 1 is 1.09 bits per heavy atom. The van der Waals surface area contributed by atoms with Crippen molar-refractivity contribution in [2.75, 3.05) is 59.9 Å². The maximum absolute atomic E-state index is 15.0. The summed E-state index contributed by atoms with van der Waals surface area (Å²) in [6, 6.07) is 5.53. The highest BCUT2D eigenvalue weighted by Gasteiger charge is 2.20. The Labute approximate surface area is 251 Å². The van der Waals surface area contributed by atoms with E-state index in [4.69, 9.17) is 24.5 Å². The van der Waals surface area contributed by atoms with Crippen molar-refractivity contribution in [1.82, 2.24) is 19.7 Å². The van der Waals surface area contributed by atoms with Gasteiger partial charge in [-0.3, -0.25) is 9.20 Å². The summed E-state index contributed by atoms with van der Waals surface area (Å²) in [7, 11) is 7.43. The summed E-state index contributed by atoms with van der Waals surface area (Å²) in [5.74, 6) is -3.39. The molecule has 236 valence electrons. The first-order valence-corrected chi connectivity index (χ1v) is 13.2. The zero-order chi connectivity index (χ0) is 32.6. The molecule has 0 radical (unpaired) electrons. The molecule has 0 spiro atoms. The molecular weight excluding hydrogens is 585 g/mol. The Kier molecular flexibility index (Phi) is 11.1. The molecule has 0 atom stereocenters. The fraction of sp³-hybridized carbons (Fsp3) is 0.310. The number of imidazole rings is 1. The molecule has 0 unspecified atom stereocenters. The Balaban J connectivity index is 0.00000124. The highest BCUT2D eigenvalue weighted by molar-refractivity contribution is 5.96. The highest BCUT2D eigenvalue weighted by Crippen LogP contribution is 2.32. The van der Waals surface area contributed by atoms with Crippen molar-refractivity contribution < 1.29 is 46.9 Å². The summed E-state index contributed by atoms with van der Waals surface area (Å²) in [5, 5.41) is 21.0. The van der Waals surface area contributed by atoms with Crippen LogP contribution in [0.1, 0.15) is 15.9 Å². The Morgan fingerprint density at radius 3 is 2.43 bits per heavy atom. The number of ether oxygens (including phenoxy) is 2. The van der Waals surface area contributed by atoms with E-state index < -0.39 is 29.5 Å². The van der Waals surface area contributed by atoms with Gasteiger partial charge in [0.05, 0.1) is 58.9 Å². The minimum atomic E-state index is -2.08. The largest absolute Gasteiger partial charge is 0.565 e. The number of carbonyl (C=O) groups is 2. The fourth-order valence-corrected chi connectivity index (χ4v) is 4.10. The molecule has 2 aromatic heterocycles. The first-order chi connectivity index (χ1) is 20.7. The highest BCUT2D eigenvalue weighted by atomic mass is 19.2. The van der Waals surface area contributed by atoms with Gasteiger partial charge in [0.2, 0.25) is 12.0 Å². The van der Waals surface area contributed by atoms with E-state index in [0.717, 1.165) is 11.0 Å². The van der Waals surface area contributed by atoms with Crippen molar-refractivity contribution in [3.8, 4) is 17.0 Å². The number of benzene rings is 2. The maximum Gasteiger partial charge on any atom is 0.254 e. The van der Waals surface area contributed by atoms with E-state index in [1.165, 1.54) is 42.1 Å². The molecule has 4 aromatic rings. The number of nitrogens with zero attached hydrogens (tertiary/aromatic N) is 4. The molecule has 4 rings (SSSR count). The van der Waals surface area contributed by atoms with Gasteiger partial charge in [-0.05, 0) is 36.8 Å². The quantitative estimate of drug-likeness (QED) is 0.170. The lowest BCUT2D eigenvalue weighted by atomic mass is 10.1. The van der Waals surface area contributed by atoms with E-state index >= 15 is 4.39 Å². The van der Waals surface area contributed by atoms with E-state index in [1.54, 1.807) is 19.2 Å². The Bertz CT molecular complexity index is 1610. The molecule has 12 nitrogen and oxygen atoms in total. The summed E-state index contributed by atoms with van der Waals surface area (Å²) >= 11 is 0. The van der Waals surface area contributed by atoms with Gasteiger partial charge in [-0.15, -0.1) is 0 Å². The van der Waals surface area contributed by atoms with E-state index in [-0.39, 0.29) is 34.9 Å². The number of carbonyl (C=O) groups excluding carboxylic acids is 1. The van der Waals surface area contributed by atoms with E-state index in [0.29, 0.717) is 30.1 Å². The smallest absolute Gasteiger partial charge is 0.254 e. The van der Waals surface area contributed by atoms with E-state index in [1.807, 2.05) is 0 Å². The maximum atomic E-state index is 15.0. The van der Waals surface area contributed by atoms with Crippen LogP contribution in [0.4, 0.5) is 29.5 Å². The van der Waals surface area contributed by atoms with E-state index in [2.05, 4.69) is 41.7 Å². The van der Waals surface area contributed by atoms with Gasteiger partial charge in [-0.2, -0.15) is 4.39 Å². The molecule has 0 bridgehead atoms. The van der Waals surface area contributed by atoms with Crippen LogP contribution in [0.3, 0.4) is 0 Å². The van der Waals surface area contributed by atoms with Gasteiger partial charge >= 0.3 is 0 Å².